The molecule has 0 bridgehead atoms. The van der Waals surface area contributed by atoms with Crippen LogP contribution in [0.1, 0.15) is 5.56 Å². The third-order valence-corrected chi connectivity index (χ3v) is 4.17. The molecule has 0 radical (unpaired) electrons. The molecule has 25 heavy (non-hydrogen) atoms. The van der Waals surface area contributed by atoms with Crippen molar-refractivity contribution in [2.24, 2.45) is 10.2 Å². The fourth-order valence-electron chi connectivity index (χ4n) is 1.68. The molecule has 0 atom stereocenters. The number of methoxy groups -OCH3 is 1. The maximum Gasteiger partial charge on any atom is 0.331 e. The second-order valence-electron chi connectivity index (χ2n) is 4.52. The number of nitrogens with zero attached hydrogens (tertiary/aromatic N) is 2. The number of ether oxygens (including phenoxy) is 2. The zero-order valence-electron chi connectivity index (χ0n) is 13.2. The van der Waals surface area contributed by atoms with E-state index in [9.17, 15) is 9.59 Å². The Kier molecular flexibility index (Phi) is 6.96. The number of carbonyl (C=O) groups excluding carboxylic acids is 2. The molecule has 9 heteroatoms. The summed E-state index contributed by atoms with van der Waals surface area (Å²) in [4.78, 5) is 23.1. The molecule has 2 rings (SSSR count). The van der Waals surface area contributed by atoms with Crippen molar-refractivity contribution in [3.05, 3.63) is 51.9 Å². The molecule has 1 amide bonds. The van der Waals surface area contributed by atoms with Gasteiger partial charge in [-0.25, -0.2) is 4.79 Å². The molecule has 1 saturated heterocycles. The lowest BCUT2D eigenvalue weighted by atomic mass is 10.2. The van der Waals surface area contributed by atoms with Crippen LogP contribution in [0.4, 0.5) is 0 Å². The SMILES string of the molecule is C=CCOc1ccc(Br)cc1C=N/N=C1/NC(=O)/C(=C\C(=O)OC)S1. The Balaban J connectivity index is 2.13. The number of nitrogens with one attached hydrogen (secondary N) is 1. The summed E-state index contributed by atoms with van der Waals surface area (Å²) in [6, 6.07) is 5.47. The smallest absolute Gasteiger partial charge is 0.331 e. The molecule has 0 aliphatic carbocycles. The first-order valence-electron chi connectivity index (χ1n) is 6.96. The molecule has 0 saturated carbocycles. The van der Waals surface area contributed by atoms with Crippen LogP contribution in [0.25, 0.3) is 0 Å². The lowest BCUT2D eigenvalue weighted by molar-refractivity contribution is -0.135. The van der Waals surface area contributed by atoms with E-state index in [2.05, 4.69) is 42.8 Å². The lowest BCUT2D eigenvalue weighted by Crippen LogP contribution is -2.19. The molecule has 0 aromatic heterocycles. The Labute approximate surface area is 157 Å². The number of benzene rings is 1. The number of esters is 1. The highest BCUT2D eigenvalue weighted by atomic mass is 79.9. The maximum absolute atomic E-state index is 11.7. The van der Waals surface area contributed by atoms with Gasteiger partial charge >= 0.3 is 5.97 Å². The largest absolute Gasteiger partial charge is 0.489 e. The monoisotopic (exact) mass is 423 g/mol. The van der Waals surface area contributed by atoms with Gasteiger partial charge in [0, 0.05) is 16.1 Å². The molecule has 1 N–H and O–H groups in total. The van der Waals surface area contributed by atoms with Gasteiger partial charge in [-0.2, -0.15) is 5.10 Å². The van der Waals surface area contributed by atoms with Crippen molar-refractivity contribution >= 4 is 51.0 Å². The minimum absolute atomic E-state index is 0.193. The maximum atomic E-state index is 11.7. The van der Waals surface area contributed by atoms with Gasteiger partial charge in [0.05, 0.1) is 18.2 Å². The number of carbonyl (C=O) groups is 2. The third kappa shape index (κ3) is 5.57. The van der Waals surface area contributed by atoms with Gasteiger partial charge in [0.1, 0.15) is 12.4 Å². The van der Waals surface area contributed by atoms with Crippen LogP contribution in [0.15, 0.2) is 56.5 Å². The van der Waals surface area contributed by atoms with Gasteiger partial charge in [0.25, 0.3) is 5.91 Å². The van der Waals surface area contributed by atoms with Gasteiger partial charge < -0.3 is 9.47 Å². The highest BCUT2D eigenvalue weighted by Crippen LogP contribution is 2.24. The van der Waals surface area contributed by atoms with Crippen molar-refractivity contribution in [1.29, 1.82) is 0 Å². The highest BCUT2D eigenvalue weighted by molar-refractivity contribution is 9.10. The van der Waals surface area contributed by atoms with E-state index >= 15 is 0 Å². The van der Waals surface area contributed by atoms with Crippen LogP contribution in [0.5, 0.6) is 5.75 Å². The molecular weight excluding hydrogens is 410 g/mol. The first-order chi connectivity index (χ1) is 12.0. The second kappa shape index (κ2) is 9.19. The van der Waals surface area contributed by atoms with E-state index in [-0.39, 0.29) is 10.1 Å². The van der Waals surface area contributed by atoms with Crippen molar-refractivity contribution in [2.45, 2.75) is 0 Å². The van der Waals surface area contributed by atoms with Crippen LogP contribution in [-0.4, -0.2) is 37.0 Å². The summed E-state index contributed by atoms with van der Waals surface area (Å²) >= 11 is 4.38. The molecule has 130 valence electrons. The Bertz CT molecular complexity index is 790. The van der Waals surface area contributed by atoms with Crippen molar-refractivity contribution in [3.63, 3.8) is 0 Å². The third-order valence-electron chi connectivity index (χ3n) is 2.77. The molecule has 1 aromatic rings. The Morgan fingerprint density at radius 1 is 1.48 bits per heavy atom. The van der Waals surface area contributed by atoms with Crippen molar-refractivity contribution in [2.75, 3.05) is 13.7 Å². The van der Waals surface area contributed by atoms with E-state index in [0.29, 0.717) is 17.9 Å². The number of amides is 1. The summed E-state index contributed by atoms with van der Waals surface area (Å²) in [6.45, 7) is 3.97. The zero-order valence-corrected chi connectivity index (χ0v) is 15.6. The number of amidine groups is 1. The van der Waals surface area contributed by atoms with Gasteiger partial charge in [0.15, 0.2) is 5.17 Å². The van der Waals surface area contributed by atoms with Gasteiger partial charge in [0.2, 0.25) is 0 Å². The minimum Gasteiger partial charge on any atom is -0.489 e. The van der Waals surface area contributed by atoms with Crippen LogP contribution in [0, 0.1) is 0 Å². The lowest BCUT2D eigenvalue weighted by Gasteiger charge is -2.06. The molecular formula is C16H14BrN3O4S. The highest BCUT2D eigenvalue weighted by Gasteiger charge is 2.24. The average Bonchev–Trinajstić information content (AvgIpc) is 2.93. The topological polar surface area (TPSA) is 89.4 Å². The van der Waals surface area contributed by atoms with Gasteiger partial charge in [-0.15, -0.1) is 5.10 Å². The van der Waals surface area contributed by atoms with Crippen LogP contribution < -0.4 is 10.1 Å². The normalized spacial score (nSPS) is 17.1. The first kappa shape index (κ1) is 18.9. The minimum atomic E-state index is -0.611. The molecule has 1 aliphatic rings. The summed E-state index contributed by atoms with van der Waals surface area (Å²) in [7, 11) is 1.24. The molecule has 1 aromatic carbocycles. The van der Waals surface area contributed by atoms with Crippen LogP contribution in [0.3, 0.4) is 0 Å². The zero-order chi connectivity index (χ0) is 18.2. The average molecular weight is 424 g/mol. The second-order valence-corrected chi connectivity index (χ2v) is 6.47. The van der Waals surface area contributed by atoms with Gasteiger partial charge in [-0.1, -0.05) is 28.6 Å². The van der Waals surface area contributed by atoms with E-state index in [1.807, 2.05) is 12.1 Å². The van der Waals surface area contributed by atoms with E-state index in [1.165, 1.54) is 13.3 Å². The molecule has 1 aliphatic heterocycles. The Morgan fingerprint density at radius 2 is 2.28 bits per heavy atom. The summed E-state index contributed by atoms with van der Waals surface area (Å²) < 4.78 is 10.9. The number of halogens is 1. The summed E-state index contributed by atoms with van der Waals surface area (Å²) in [5, 5.41) is 10.7. The number of hydrogen-bond acceptors (Lipinski definition) is 7. The van der Waals surface area contributed by atoms with Crippen molar-refractivity contribution in [1.82, 2.24) is 5.32 Å². The van der Waals surface area contributed by atoms with E-state index in [1.54, 1.807) is 12.1 Å². The Morgan fingerprint density at radius 3 is 3.00 bits per heavy atom. The fourth-order valence-corrected chi connectivity index (χ4v) is 2.80. The predicted molar refractivity (Wildman–Crippen MR) is 101 cm³/mol. The Hall–Kier alpha value is -2.39. The number of rotatable bonds is 6. The molecule has 7 nitrogen and oxygen atoms in total. The quantitative estimate of drug-likeness (QED) is 0.249. The van der Waals surface area contributed by atoms with E-state index < -0.39 is 11.9 Å². The summed E-state index contributed by atoms with van der Waals surface area (Å²) in [6.07, 6.45) is 4.25. The van der Waals surface area contributed by atoms with Crippen molar-refractivity contribution < 1.29 is 19.1 Å². The number of hydrogen-bond donors (Lipinski definition) is 1. The molecule has 0 spiro atoms. The van der Waals surface area contributed by atoms with Crippen LogP contribution in [0.2, 0.25) is 0 Å². The van der Waals surface area contributed by atoms with Gasteiger partial charge in [-0.05, 0) is 30.0 Å². The fraction of sp³-hybridized carbons (Fsp3) is 0.125. The van der Waals surface area contributed by atoms with Crippen LogP contribution >= 0.6 is 27.7 Å². The molecule has 0 unspecified atom stereocenters. The standard InChI is InChI=1S/C16H14BrN3O4S/c1-3-6-24-12-5-4-11(17)7-10(12)9-18-20-16-19-15(22)13(25-16)8-14(21)23-2/h3-5,7-9H,1,6H2,2H3,(H,19,20,22)/b13-8+,18-9?. The van der Waals surface area contributed by atoms with Crippen LogP contribution in [-0.2, 0) is 14.3 Å². The van der Waals surface area contributed by atoms with E-state index in [0.717, 1.165) is 22.3 Å². The summed E-state index contributed by atoms with van der Waals surface area (Å²) in [5.74, 6) is -0.413. The summed E-state index contributed by atoms with van der Waals surface area (Å²) in [5.41, 5.74) is 0.709. The molecule has 1 heterocycles. The first-order valence-corrected chi connectivity index (χ1v) is 8.57. The van der Waals surface area contributed by atoms with E-state index in [4.69, 9.17) is 4.74 Å². The van der Waals surface area contributed by atoms with Gasteiger partial charge in [-0.3, -0.25) is 10.1 Å². The number of thioether (sulfide) groups is 1. The predicted octanol–water partition coefficient (Wildman–Crippen LogP) is 2.62. The molecule has 1 fully saturated rings. The van der Waals surface area contributed by atoms with Crippen molar-refractivity contribution in [3.8, 4) is 5.75 Å².